The zero-order valence-electron chi connectivity index (χ0n) is 16.8. The van der Waals surface area contributed by atoms with Gasteiger partial charge in [-0.25, -0.2) is 0 Å². The summed E-state index contributed by atoms with van der Waals surface area (Å²) in [7, 11) is 0. The van der Waals surface area contributed by atoms with Crippen LogP contribution < -0.4 is 15.0 Å². The van der Waals surface area contributed by atoms with Crippen LogP contribution in [0, 0.1) is 0 Å². The van der Waals surface area contributed by atoms with Gasteiger partial charge in [-0.15, -0.1) is 0 Å². The predicted octanol–water partition coefficient (Wildman–Crippen LogP) is 5.05. The average Bonchev–Trinajstić information content (AvgIpc) is 3.01. The molecule has 1 aliphatic carbocycles. The Labute approximate surface area is 185 Å². The van der Waals surface area contributed by atoms with Gasteiger partial charge in [0.25, 0.3) is 5.91 Å². The summed E-state index contributed by atoms with van der Waals surface area (Å²) in [6, 6.07) is 15.1. The topological polar surface area (TPSA) is 58.6 Å². The maximum absolute atomic E-state index is 13.2. The smallest absolute Gasteiger partial charge is 0.294 e. The van der Waals surface area contributed by atoms with Crippen LogP contribution in [0.4, 0.5) is 5.69 Å². The Morgan fingerprint density at radius 1 is 1.07 bits per heavy atom. The number of amides is 2. The molecule has 0 atom stereocenters. The number of hydrogen-bond donors (Lipinski definition) is 1. The summed E-state index contributed by atoms with van der Waals surface area (Å²) >= 11 is 3.50. The summed E-state index contributed by atoms with van der Waals surface area (Å²) < 4.78 is 6.76. The van der Waals surface area contributed by atoms with E-state index >= 15 is 0 Å². The van der Waals surface area contributed by atoms with E-state index in [2.05, 4.69) is 21.2 Å². The molecule has 156 valence electrons. The first-order chi connectivity index (χ1) is 14.6. The van der Waals surface area contributed by atoms with E-state index in [1.165, 1.54) is 17.7 Å². The fourth-order valence-electron chi connectivity index (χ4n) is 3.99. The molecule has 1 fully saturated rings. The third-order valence-electron chi connectivity index (χ3n) is 5.55. The lowest BCUT2D eigenvalue weighted by atomic mass is 10.1. The molecular formula is C24H25BrN2O3. The van der Waals surface area contributed by atoms with Gasteiger partial charge in [-0.1, -0.05) is 71.9 Å². The van der Waals surface area contributed by atoms with Crippen LogP contribution in [-0.2, 0) is 9.59 Å². The SMILES string of the molecule is O=C(CN1C(=O)/C(=C\c2ccccc2Br)Oc2ccccc21)NC1CCCCCC1. The largest absolute Gasteiger partial charge is 0.449 e. The second-order valence-corrected chi connectivity index (χ2v) is 8.60. The van der Waals surface area contributed by atoms with E-state index in [1.807, 2.05) is 42.5 Å². The highest BCUT2D eigenvalue weighted by atomic mass is 79.9. The van der Waals surface area contributed by atoms with Gasteiger partial charge in [-0.3, -0.25) is 14.5 Å². The van der Waals surface area contributed by atoms with Crippen molar-refractivity contribution in [2.75, 3.05) is 11.4 Å². The Balaban J connectivity index is 1.57. The minimum absolute atomic E-state index is 0.0248. The molecule has 1 N–H and O–H groups in total. The van der Waals surface area contributed by atoms with Gasteiger partial charge in [-0.05, 0) is 42.7 Å². The fraction of sp³-hybridized carbons (Fsp3) is 0.333. The highest BCUT2D eigenvalue weighted by Crippen LogP contribution is 2.36. The van der Waals surface area contributed by atoms with Crippen LogP contribution in [0.5, 0.6) is 5.75 Å². The molecule has 2 amide bonds. The molecule has 1 saturated carbocycles. The monoisotopic (exact) mass is 468 g/mol. The van der Waals surface area contributed by atoms with Crippen molar-refractivity contribution >= 4 is 39.5 Å². The second kappa shape index (κ2) is 9.47. The van der Waals surface area contributed by atoms with Crippen LogP contribution in [0.25, 0.3) is 6.08 Å². The van der Waals surface area contributed by atoms with Crippen molar-refractivity contribution in [1.82, 2.24) is 5.32 Å². The number of nitrogens with zero attached hydrogens (tertiary/aromatic N) is 1. The molecule has 0 aromatic heterocycles. The maximum Gasteiger partial charge on any atom is 0.294 e. The summed E-state index contributed by atoms with van der Waals surface area (Å²) in [6.45, 7) is -0.0248. The lowest BCUT2D eigenvalue weighted by Gasteiger charge is -2.30. The third-order valence-corrected chi connectivity index (χ3v) is 6.27. The first-order valence-electron chi connectivity index (χ1n) is 10.5. The number of hydrogen-bond acceptors (Lipinski definition) is 3. The number of ether oxygens (including phenoxy) is 1. The number of fused-ring (bicyclic) bond motifs is 1. The molecule has 30 heavy (non-hydrogen) atoms. The molecule has 2 aliphatic rings. The summed E-state index contributed by atoms with van der Waals surface area (Å²) in [5.41, 5.74) is 1.45. The molecule has 4 rings (SSSR count). The van der Waals surface area contributed by atoms with Gasteiger partial charge in [0.1, 0.15) is 6.54 Å². The number of carbonyl (C=O) groups is 2. The molecule has 0 spiro atoms. The number of carbonyl (C=O) groups excluding carboxylic acids is 2. The van der Waals surface area contributed by atoms with Gasteiger partial charge >= 0.3 is 0 Å². The quantitative estimate of drug-likeness (QED) is 0.504. The summed E-state index contributed by atoms with van der Waals surface area (Å²) in [5, 5.41) is 3.13. The molecule has 0 saturated heterocycles. The Bertz CT molecular complexity index is 964. The van der Waals surface area contributed by atoms with E-state index in [-0.39, 0.29) is 30.2 Å². The van der Waals surface area contributed by atoms with Crippen molar-refractivity contribution in [2.24, 2.45) is 0 Å². The Morgan fingerprint density at radius 2 is 1.77 bits per heavy atom. The molecule has 0 bridgehead atoms. The molecule has 2 aromatic rings. The molecule has 1 aliphatic heterocycles. The van der Waals surface area contributed by atoms with E-state index < -0.39 is 0 Å². The van der Waals surface area contributed by atoms with E-state index in [4.69, 9.17) is 4.74 Å². The van der Waals surface area contributed by atoms with Crippen LogP contribution in [0.2, 0.25) is 0 Å². The molecule has 0 radical (unpaired) electrons. The van der Waals surface area contributed by atoms with Crippen molar-refractivity contribution in [2.45, 2.75) is 44.6 Å². The van der Waals surface area contributed by atoms with E-state index in [1.54, 1.807) is 12.1 Å². The molecule has 0 unspecified atom stereocenters. The van der Waals surface area contributed by atoms with Gasteiger partial charge in [0, 0.05) is 10.5 Å². The van der Waals surface area contributed by atoms with Crippen LogP contribution >= 0.6 is 15.9 Å². The van der Waals surface area contributed by atoms with E-state index in [0.29, 0.717) is 11.4 Å². The maximum atomic E-state index is 13.2. The highest BCUT2D eigenvalue weighted by Gasteiger charge is 2.32. The molecule has 1 heterocycles. The van der Waals surface area contributed by atoms with Gasteiger partial charge in [0.15, 0.2) is 11.5 Å². The Kier molecular flexibility index (Phi) is 6.53. The van der Waals surface area contributed by atoms with Crippen molar-refractivity contribution in [3.05, 3.63) is 64.3 Å². The minimum atomic E-state index is -0.319. The van der Waals surface area contributed by atoms with Crippen LogP contribution in [-0.4, -0.2) is 24.4 Å². The number of benzene rings is 2. The van der Waals surface area contributed by atoms with E-state index in [9.17, 15) is 9.59 Å². The van der Waals surface area contributed by atoms with Crippen LogP contribution in [0.1, 0.15) is 44.1 Å². The van der Waals surface area contributed by atoms with Crippen molar-refractivity contribution in [3.8, 4) is 5.75 Å². The zero-order chi connectivity index (χ0) is 20.9. The van der Waals surface area contributed by atoms with Crippen LogP contribution in [0.15, 0.2) is 58.8 Å². The Hall–Kier alpha value is -2.60. The number of halogens is 1. The number of anilines is 1. The minimum Gasteiger partial charge on any atom is -0.449 e. The number of rotatable bonds is 4. The van der Waals surface area contributed by atoms with Crippen molar-refractivity contribution in [3.63, 3.8) is 0 Å². The normalized spacial score (nSPS) is 18.5. The first-order valence-corrected chi connectivity index (χ1v) is 11.3. The van der Waals surface area contributed by atoms with Crippen LogP contribution in [0.3, 0.4) is 0 Å². The van der Waals surface area contributed by atoms with Gasteiger partial charge in [-0.2, -0.15) is 0 Å². The third kappa shape index (κ3) is 4.75. The molecule has 2 aromatic carbocycles. The zero-order valence-corrected chi connectivity index (χ0v) is 18.4. The fourth-order valence-corrected chi connectivity index (χ4v) is 4.39. The summed E-state index contributed by atoms with van der Waals surface area (Å²) in [4.78, 5) is 27.5. The van der Waals surface area contributed by atoms with Gasteiger partial charge in [0.2, 0.25) is 5.91 Å². The molecular weight excluding hydrogens is 444 g/mol. The number of nitrogens with one attached hydrogen (secondary N) is 1. The number of para-hydroxylation sites is 2. The average molecular weight is 469 g/mol. The molecule has 5 nitrogen and oxygen atoms in total. The standard InChI is InChI=1S/C24H25BrN2O3/c25-19-12-6-5-9-17(19)15-22-24(29)27(20-13-7-8-14-21(20)30-22)16-23(28)26-18-10-3-1-2-4-11-18/h5-9,12-15,18H,1-4,10-11,16H2,(H,26,28)/b22-15+. The van der Waals surface area contributed by atoms with E-state index in [0.717, 1.165) is 35.7 Å². The van der Waals surface area contributed by atoms with Crippen molar-refractivity contribution in [1.29, 1.82) is 0 Å². The lowest BCUT2D eigenvalue weighted by molar-refractivity contribution is -0.124. The van der Waals surface area contributed by atoms with Gasteiger partial charge < -0.3 is 10.1 Å². The van der Waals surface area contributed by atoms with Crippen molar-refractivity contribution < 1.29 is 14.3 Å². The molecule has 6 heteroatoms. The Morgan fingerprint density at radius 3 is 2.53 bits per heavy atom. The predicted molar refractivity (Wildman–Crippen MR) is 121 cm³/mol. The highest BCUT2D eigenvalue weighted by molar-refractivity contribution is 9.10. The summed E-state index contributed by atoms with van der Waals surface area (Å²) in [5.74, 6) is 0.313. The first kappa shape index (κ1) is 20.7. The van der Waals surface area contributed by atoms with Gasteiger partial charge in [0.05, 0.1) is 5.69 Å². The summed E-state index contributed by atoms with van der Waals surface area (Å²) in [6.07, 6.45) is 8.46. The lowest BCUT2D eigenvalue weighted by Crippen LogP contribution is -2.46. The second-order valence-electron chi connectivity index (χ2n) is 7.75.